The number of aromatic nitrogens is 1. The Kier molecular flexibility index (Phi) is 4.24. The molecule has 0 amide bonds. The number of hydrogen-bond acceptors (Lipinski definition) is 2. The number of aryl methyl sites for hydroxylation is 2. The minimum absolute atomic E-state index is 0.358. The van der Waals surface area contributed by atoms with E-state index in [2.05, 4.69) is 9.71 Å². The van der Waals surface area contributed by atoms with Crippen molar-refractivity contribution in [3.05, 3.63) is 65.4 Å². The summed E-state index contributed by atoms with van der Waals surface area (Å²) in [6.07, 6.45) is 2.59. The van der Waals surface area contributed by atoms with E-state index in [4.69, 9.17) is 0 Å². The van der Waals surface area contributed by atoms with Gasteiger partial charge in [-0.3, -0.25) is 0 Å². The highest BCUT2D eigenvalue weighted by Gasteiger charge is 2.16. The van der Waals surface area contributed by atoms with Gasteiger partial charge in [0, 0.05) is 23.6 Å². The summed E-state index contributed by atoms with van der Waals surface area (Å²) >= 11 is 0. The molecule has 2 N–H and O–H groups in total. The topological polar surface area (TPSA) is 62.0 Å². The summed E-state index contributed by atoms with van der Waals surface area (Å²) in [4.78, 5) is 3.56. The third-order valence-electron chi connectivity index (χ3n) is 3.99. The van der Waals surface area contributed by atoms with Crippen molar-refractivity contribution in [1.82, 2.24) is 9.71 Å². The summed E-state index contributed by atoms with van der Waals surface area (Å²) < 4.78 is 27.7. The molecular weight excluding hydrogens is 308 g/mol. The average molecular weight is 328 g/mol. The Labute approximate surface area is 136 Å². The molecule has 0 aliphatic rings. The summed E-state index contributed by atoms with van der Waals surface area (Å²) in [5.74, 6) is 0. The molecule has 3 rings (SSSR count). The van der Waals surface area contributed by atoms with Gasteiger partial charge >= 0.3 is 0 Å². The fraction of sp³-hybridized carbons (Fsp3) is 0.222. The molecule has 0 saturated heterocycles. The summed E-state index contributed by atoms with van der Waals surface area (Å²) in [5.41, 5.74) is 3.88. The number of para-hydroxylation sites is 1. The second kappa shape index (κ2) is 6.18. The van der Waals surface area contributed by atoms with Gasteiger partial charge in [-0.15, -0.1) is 0 Å². The first-order valence-electron chi connectivity index (χ1n) is 7.59. The van der Waals surface area contributed by atoms with Crippen LogP contribution >= 0.6 is 0 Å². The third-order valence-corrected chi connectivity index (χ3v) is 5.60. The molecule has 0 unspecified atom stereocenters. The maximum atomic E-state index is 12.5. The lowest BCUT2D eigenvalue weighted by atomic mass is 10.1. The van der Waals surface area contributed by atoms with Crippen LogP contribution in [0.25, 0.3) is 10.9 Å². The fourth-order valence-electron chi connectivity index (χ4n) is 2.73. The van der Waals surface area contributed by atoms with E-state index in [1.54, 1.807) is 6.07 Å². The van der Waals surface area contributed by atoms with Gasteiger partial charge in [0.25, 0.3) is 0 Å². The van der Waals surface area contributed by atoms with Crippen LogP contribution in [0, 0.1) is 13.8 Å². The Bertz CT molecular complexity index is 943. The zero-order chi connectivity index (χ0) is 16.4. The summed E-state index contributed by atoms with van der Waals surface area (Å²) in [6.45, 7) is 4.08. The van der Waals surface area contributed by atoms with Crippen LogP contribution < -0.4 is 4.72 Å². The Morgan fingerprint density at radius 2 is 1.87 bits per heavy atom. The lowest BCUT2D eigenvalue weighted by Gasteiger charge is -2.10. The van der Waals surface area contributed by atoms with Crippen LogP contribution in [0.2, 0.25) is 0 Å². The van der Waals surface area contributed by atoms with Gasteiger partial charge in [0.05, 0.1) is 4.90 Å². The summed E-state index contributed by atoms with van der Waals surface area (Å²) in [6, 6.07) is 13.5. The zero-order valence-corrected chi connectivity index (χ0v) is 14.1. The highest BCUT2D eigenvalue weighted by Crippen LogP contribution is 2.19. The molecule has 0 aliphatic heterocycles. The molecule has 0 radical (unpaired) electrons. The normalized spacial score (nSPS) is 11.9. The van der Waals surface area contributed by atoms with E-state index in [1.165, 1.54) is 0 Å². The quantitative estimate of drug-likeness (QED) is 0.755. The lowest BCUT2D eigenvalue weighted by molar-refractivity contribution is 0.581. The van der Waals surface area contributed by atoms with Gasteiger partial charge in [0.15, 0.2) is 0 Å². The van der Waals surface area contributed by atoms with E-state index in [1.807, 2.05) is 56.4 Å². The number of benzene rings is 2. The minimum atomic E-state index is -3.48. The molecule has 0 aliphatic carbocycles. The van der Waals surface area contributed by atoms with Crippen molar-refractivity contribution < 1.29 is 8.42 Å². The molecule has 120 valence electrons. The van der Waals surface area contributed by atoms with E-state index in [-0.39, 0.29) is 0 Å². The van der Waals surface area contributed by atoms with Crippen LogP contribution in [-0.2, 0) is 16.4 Å². The standard InChI is InChI=1S/C18H20N2O2S/c1-13-7-8-14(2)18(11-13)23(21,22)20-10-9-15-12-19-17-6-4-3-5-16(15)17/h3-8,11-12,19-20H,9-10H2,1-2H3. The molecule has 1 heterocycles. The number of H-pyrrole nitrogens is 1. The number of hydrogen-bond donors (Lipinski definition) is 2. The van der Waals surface area contributed by atoms with Crippen molar-refractivity contribution >= 4 is 20.9 Å². The Balaban J connectivity index is 1.74. The van der Waals surface area contributed by atoms with Crippen LogP contribution in [0.1, 0.15) is 16.7 Å². The average Bonchev–Trinajstić information content (AvgIpc) is 2.93. The van der Waals surface area contributed by atoms with Crippen molar-refractivity contribution in [2.75, 3.05) is 6.54 Å². The lowest BCUT2D eigenvalue weighted by Crippen LogP contribution is -2.26. The predicted octanol–water partition coefficient (Wildman–Crippen LogP) is 3.31. The molecule has 2 aromatic carbocycles. The smallest absolute Gasteiger partial charge is 0.240 e. The first-order valence-corrected chi connectivity index (χ1v) is 9.07. The maximum absolute atomic E-state index is 12.5. The second-order valence-electron chi connectivity index (χ2n) is 5.78. The fourth-order valence-corrected chi connectivity index (χ4v) is 4.09. The van der Waals surface area contributed by atoms with Crippen LogP contribution in [0.5, 0.6) is 0 Å². The Morgan fingerprint density at radius 1 is 1.09 bits per heavy atom. The van der Waals surface area contributed by atoms with Gasteiger partial charge in [0.2, 0.25) is 10.0 Å². The van der Waals surface area contributed by atoms with Crippen LogP contribution in [0.4, 0.5) is 0 Å². The molecule has 4 nitrogen and oxygen atoms in total. The van der Waals surface area contributed by atoms with Crippen molar-refractivity contribution in [1.29, 1.82) is 0 Å². The molecule has 0 saturated carbocycles. The largest absolute Gasteiger partial charge is 0.361 e. The number of rotatable bonds is 5. The van der Waals surface area contributed by atoms with E-state index in [0.717, 1.165) is 27.6 Å². The second-order valence-corrected chi connectivity index (χ2v) is 7.51. The SMILES string of the molecule is Cc1ccc(C)c(S(=O)(=O)NCCc2c[nH]c3ccccc23)c1. The van der Waals surface area contributed by atoms with Gasteiger partial charge in [-0.2, -0.15) is 0 Å². The molecule has 0 spiro atoms. The molecule has 3 aromatic rings. The highest BCUT2D eigenvalue weighted by molar-refractivity contribution is 7.89. The summed E-state index contributed by atoms with van der Waals surface area (Å²) in [5, 5.41) is 1.14. The van der Waals surface area contributed by atoms with Gasteiger partial charge in [-0.1, -0.05) is 30.3 Å². The van der Waals surface area contributed by atoms with Gasteiger partial charge in [0.1, 0.15) is 0 Å². The van der Waals surface area contributed by atoms with Crippen molar-refractivity contribution in [2.24, 2.45) is 0 Å². The number of nitrogens with one attached hydrogen (secondary N) is 2. The molecule has 23 heavy (non-hydrogen) atoms. The molecule has 0 atom stereocenters. The Morgan fingerprint density at radius 3 is 2.70 bits per heavy atom. The van der Waals surface area contributed by atoms with E-state index in [9.17, 15) is 8.42 Å². The van der Waals surface area contributed by atoms with E-state index in [0.29, 0.717) is 17.9 Å². The third kappa shape index (κ3) is 3.30. The number of aromatic amines is 1. The van der Waals surface area contributed by atoms with Gasteiger partial charge < -0.3 is 4.98 Å². The van der Waals surface area contributed by atoms with Crippen LogP contribution in [0.15, 0.2) is 53.6 Å². The van der Waals surface area contributed by atoms with Crippen LogP contribution in [0.3, 0.4) is 0 Å². The number of fused-ring (bicyclic) bond motifs is 1. The first-order chi connectivity index (χ1) is 11.0. The monoisotopic (exact) mass is 328 g/mol. The molecule has 5 heteroatoms. The number of sulfonamides is 1. The van der Waals surface area contributed by atoms with Gasteiger partial charge in [-0.05, 0) is 49.1 Å². The molecule has 0 bridgehead atoms. The summed E-state index contributed by atoms with van der Waals surface area (Å²) in [7, 11) is -3.48. The predicted molar refractivity (Wildman–Crippen MR) is 93.1 cm³/mol. The first kappa shape index (κ1) is 15.8. The van der Waals surface area contributed by atoms with E-state index < -0.39 is 10.0 Å². The van der Waals surface area contributed by atoms with Crippen molar-refractivity contribution in [2.45, 2.75) is 25.2 Å². The van der Waals surface area contributed by atoms with Gasteiger partial charge in [-0.25, -0.2) is 13.1 Å². The maximum Gasteiger partial charge on any atom is 0.240 e. The van der Waals surface area contributed by atoms with Crippen molar-refractivity contribution in [3.63, 3.8) is 0 Å². The molecule has 0 fully saturated rings. The molecular formula is C18H20N2O2S. The molecule has 1 aromatic heterocycles. The van der Waals surface area contributed by atoms with E-state index >= 15 is 0 Å². The Hall–Kier alpha value is -2.11. The zero-order valence-electron chi connectivity index (χ0n) is 13.3. The van der Waals surface area contributed by atoms with Crippen molar-refractivity contribution in [3.8, 4) is 0 Å². The highest BCUT2D eigenvalue weighted by atomic mass is 32.2. The minimum Gasteiger partial charge on any atom is -0.361 e. The van der Waals surface area contributed by atoms with Crippen LogP contribution in [-0.4, -0.2) is 19.9 Å².